The highest BCUT2D eigenvalue weighted by atomic mass is 35.5. The highest BCUT2D eigenvalue weighted by molar-refractivity contribution is 7.89. The highest BCUT2D eigenvalue weighted by Crippen LogP contribution is 2.27. The first-order valence-electron chi connectivity index (χ1n) is 9.71. The molecule has 1 fully saturated rings. The SMILES string of the molecule is CN(C)S(=O)(=O)c1cccc(C(=O)N2CCCC[C@H]2C(=O)Nc2ccc(Cl)c(Cl)c2)c1. The monoisotopic (exact) mass is 483 g/mol. The topological polar surface area (TPSA) is 86.8 Å². The van der Waals surface area contributed by atoms with Gasteiger partial charge in [0.15, 0.2) is 0 Å². The van der Waals surface area contributed by atoms with Gasteiger partial charge in [-0.05, 0) is 55.7 Å². The van der Waals surface area contributed by atoms with Gasteiger partial charge in [0.1, 0.15) is 6.04 Å². The Morgan fingerprint density at radius 2 is 1.81 bits per heavy atom. The first kappa shape index (κ1) is 23.5. The molecule has 0 aliphatic carbocycles. The van der Waals surface area contributed by atoms with Crippen molar-refractivity contribution in [2.75, 3.05) is 26.0 Å². The van der Waals surface area contributed by atoms with E-state index in [4.69, 9.17) is 23.2 Å². The quantitative estimate of drug-likeness (QED) is 0.698. The molecule has 10 heteroatoms. The van der Waals surface area contributed by atoms with Crippen molar-refractivity contribution in [3.63, 3.8) is 0 Å². The predicted molar refractivity (Wildman–Crippen MR) is 121 cm³/mol. The minimum atomic E-state index is -3.68. The molecule has 3 rings (SSSR count). The van der Waals surface area contributed by atoms with Crippen LogP contribution in [-0.2, 0) is 14.8 Å². The van der Waals surface area contributed by atoms with Gasteiger partial charge in [-0.25, -0.2) is 12.7 Å². The molecule has 31 heavy (non-hydrogen) atoms. The van der Waals surface area contributed by atoms with Crippen molar-refractivity contribution in [3.05, 3.63) is 58.1 Å². The van der Waals surface area contributed by atoms with E-state index in [0.717, 1.165) is 17.1 Å². The van der Waals surface area contributed by atoms with Crippen molar-refractivity contribution in [3.8, 4) is 0 Å². The fourth-order valence-corrected chi connectivity index (χ4v) is 4.66. The van der Waals surface area contributed by atoms with Crippen molar-refractivity contribution in [2.45, 2.75) is 30.2 Å². The van der Waals surface area contributed by atoms with Crippen molar-refractivity contribution in [2.24, 2.45) is 0 Å². The molecule has 1 aliphatic rings. The number of halogens is 2. The van der Waals surface area contributed by atoms with E-state index < -0.39 is 16.1 Å². The zero-order valence-electron chi connectivity index (χ0n) is 17.1. The third-order valence-corrected chi connectivity index (χ3v) is 7.66. The Morgan fingerprint density at radius 1 is 1.06 bits per heavy atom. The van der Waals surface area contributed by atoms with Crippen LogP contribution in [0.1, 0.15) is 29.6 Å². The van der Waals surface area contributed by atoms with E-state index in [0.29, 0.717) is 28.7 Å². The summed E-state index contributed by atoms with van der Waals surface area (Å²) in [5.74, 6) is -0.715. The maximum atomic E-state index is 13.2. The fourth-order valence-electron chi connectivity index (χ4n) is 3.41. The van der Waals surface area contributed by atoms with E-state index in [2.05, 4.69) is 5.32 Å². The van der Waals surface area contributed by atoms with Gasteiger partial charge in [0, 0.05) is 31.9 Å². The average Bonchev–Trinajstić information content (AvgIpc) is 2.75. The molecular formula is C21H23Cl2N3O4S. The Hall–Kier alpha value is -2.13. The van der Waals surface area contributed by atoms with Crippen LogP contribution in [0.15, 0.2) is 47.4 Å². The van der Waals surface area contributed by atoms with Gasteiger partial charge < -0.3 is 10.2 Å². The number of carbonyl (C=O) groups excluding carboxylic acids is 2. The molecular weight excluding hydrogens is 461 g/mol. The van der Waals surface area contributed by atoms with Crippen molar-refractivity contribution >= 4 is 50.7 Å². The number of amides is 2. The number of benzene rings is 2. The summed E-state index contributed by atoms with van der Waals surface area (Å²) in [4.78, 5) is 27.7. The minimum Gasteiger partial charge on any atom is -0.327 e. The van der Waals surface area contributed by atoms with E-state index in [1.165, 1.54) is 37.2 Å². The summed E-state index contributed by atoms with van der Waals surface area (Å²) in [6.45, 7) is 0.406. The second-order valence-corrected chi connectivity index (χ2v) is 10.4. The van der Waals surface area contributed by atoms with E-state index in [-0.39, 0.29) is 22.3 Å². The molecule has 1 saturated heterocycles. The van der Waals surface area contributed by atoms with Crippen LogP contribution in [0.5, 0.6) is 0 Å². The van der Waals surface area contributed by atoms with Crippen molar-refractivity contribution in [1.29, 1.82) is 0 Å². The number of carbonyl (C=O) groups is 2. The molecule has 1 N–H and O–H groups in total. The van der Waals surface area contributed by atoms with Gasteiger partial charge in [-0.3, -0.25) is 9.59 Å². The predicted octanol–water partition coefficient (Wildman–Crippen LogP) is 3.88. The number of anilines is 1. The zero-order valence-corrected chi connectivity index (χ0v) is 19.5. The average molecular weight is 484 g/mol. The van der Waals surface area contributed by atoms with Crippen molar-refractivity contribution < 1.29 is 18.0 Å². The van der Waals surface area contributed by atoms with Gasteiger partial charge in [0.2, 0.25) is 15.9 Å². The van der Waals surface area contributed by atoms with Crippen LogP contribution in [-0.4, -0.2) is 56.1 Å². The lowest BCUT2D eigenvalue weighted by molar-refractivity contribution is -0.121. The molecule has 2 aromatic carbocycles. The minimum absolute atomic E-state index is 0.0252. The maximum Gasteiger partial charge on any atom is 0.254 e. The lowest BCUT2D eigenvalue weighted by Gasteiger charge is -2.35. The Balaban J connectivity index is 1.84. The third kappa shape index (κ3) is 5.20. The van der Waals surface area contributed by atoms with E-state index in [1.54, 1.807) is 24.3 Å². The molecule has 7 nitrogen and oxygen atoms in total. The first-order valence-corrected chi connectivity index (χ1v) is 11.9. The molecule has 0 bridgehead atoms. The second kappa shape index (κ2) is 9.56. The molecule has 1 aliphatic heterocycles. The molecule has 0 spiro atoms. The number of piperidine rings is 1. The summed E-state index contributed by atoms with van der Waals surface area (Å²) in [5, 5.41) is 3.48. The number of hydrogen-bond acceptors (Lipinski definition) is 4. The first-order chi connectivity index (χ1) is 14.6. The lowest BCUT2D eigenvalue weighted by Crippen LogP contribution is -2.50. The maximum absolute atomic E-state index is 13.2. The van der Waals surface area contributed by atoms with Gasteiger partial charge in [-0.15, -0.1) is 0 Å². The molecule has 0 radical (unpaired) electrons. The van der Waals surface area contributed by atoms with E-state index in [1.807, 2.05) is 0 Å². The number of rotatable bonds is 5. The van der Waals surface area contributed by atoms with Gasteiger partial charge in [0.05, 0.1) is 14.9 Å². The molecule has 0 aromatic heterocycles. The summed E-state index contributed by atoms with van der Waals surface area (Å²) in [6.07, 6.45) is 2.07. The highest BCUT2D eigenvalue weighted by Gasteiger charge is 2.33. The van der Waals surface area contributed by atoms with Crippen LogP contribution < -0.4 is 5.32 Å². The molecule has 0 saturated carbocycles. The summed E-state index contributed by atoms with van der Waals surface area (Å²) in [6, 6.07) is 9.96. The smallest absolute Gasteiger partial charge is 0.254 e. The number of hydrogen-bond donors (Lipinski definition) is 1. The van der Waals surface area contributed by atoms with Gasteiger partial charge in [-0.1, -0.05) is 29.3 Å². The van der Waals surface area contributed by atoms with Crippen LogP contribution in [0.3, 0.4) is 0 Å². The number of sulfonamides is 1. The van der Waals surface area contributed by atoms with Crippen LogP contribution in [0, 0.1) is 0 Å². The Morgan fingerprint density at radius 3 is 2.48 bits per heavy atom. The number of nitrogens with zero attached hydrogens (tertiary/aromatic N) is 2. The number of nitrogens with one attached hydrogen (secondary N) is 1. The van der Waals surface area contributed by atoms with Crippen molar-refractivity contribution in [1.82, 2.24) is 9.21 Å². The van der Waals surface area contributed by atoms with Crippen LogP contribution in [0.4, 0.5) is 5.69 Å². The van der Waals surface area contributed by atoms with Crippen LogP contribution >= 0.6 is 23.2 Å². The van der Waals surface area contributed by atoms with Gasteiger partial charge >= 0.3 is 0 Å². The number of likely N-dealkylation sites (tertiary alicyclic amines) is 1. The van der Waals surface area contributed by atoms with Gasteiger partial charge in [-0.2, -0.15) is 0 Å². The van der Waals surface area contributed by atoms with Gasteiger partial charge in [0.25, 0.3) is 5.91 Å². The summed E-state index contributed by atoms with van der Waals surface area (Å²) in [5.41, 5.74) is 0.702. The molecule has 166 valence electrons. The molecule has 2 aromatic rings. The second-order valence-electron chi connectivity index (χ2n) is 7.44. The third-order valence-electron chi connectivity index (χ3n) is 5.11. The fraction of sp³-hybridized carbons (Fsp3) is 0.333. The Kier molecular flexibility index (Phi) is 7.26. The lowest BCUT2D eigenvalue weighted by atomic mass is 10.00. The van der Waals surface area contributed by atoms with Crippen LogP contribution in [0.2, 0.25) is 10.0 Å². The van der Waals surface area contributed by atoms with E-state index >= 15 is 0 Å². The molecule has 1 heterocycles. The van der Waals surface area contributed by atoms with E-state index in [9.17, 15) is 18.0 Å². The Bertz CT molecular complexity index is 1110. The Labute approximate surface area is 192 Å². The summed E-state index contributed by atoms with van der Waals surface area (Å²) >= 11 is 11.9. The normalized spacial score (nSPS) is 16.9. The molecule has 1 atom stereocenters. The standard InChI is InChI=1S/C21H23Cl2N3O4S/c1-25(2)31(29,30)16-7-5-6-14(12-16)21(28)26-11-4-3-8-19(26)20(27)24-15-9-10-17(22)18(23)13-15/h5-7,9-10,12-13,19H,3-4,8,11H2,1-2H3,(H,24,27)/t19-/m0/s1. The summed E-state index contributed by atoms with van der Waals surface area (Å²) < 4.78 is 25.9. The molecule has 0 unspecified atom stereocenters. The largest absolute Gasteiger partial charge is 0.327 e. The summed E-state index contributed by atoms with van der Waals surface area (Å²) in [7, 11) is -0.825. The zero-order chi connectivity index (χ0) is 22.8. The molecule has 2 amide bonds. The van der Waals surface area contributed by atoms with Crippen LogP contribution in [0.25, 0.3) is 0 Å².